The standard InChI is InChI=1S/C23H19N5O4S3/c1-2-10-27-18-9-8-16(28(31)32)11-19(18)35-23(27)26-21(30)14-33-13-20(29)25-22-24-17(12-34-22)15-6-4-3-5-7-15/h2-9,11-12H,1,10,13-14H2,(H,24,25,29). The van der Waals surface area contributed by atoms with E-state index in [1.54, 1.807) is 16.7 Å². The molecule has 178 valence electrons. The minimum atomic E-state index is -0.463. The zero-order valence-corrected chi connectivity index (χ0v) is 20.7. The van der Waals surface area contributed by atoms with Gasteiger partial charge in [0, 0.05) is 29.6 Å². The Morgan fingerprint density at radius 3 is 2.77 bits per heavy atom. The summed E-state index contributed by atoms with van der Waals surface area (Å²) in [7, 11) is 0. The van der Waals surface area contributed by atoms with E-state index in [1.807, 2.05) is 35.7 Å². The van der Waals surface area contributed by atoms with Crippen molar-refractivity contribution in [2.45, 2.75) is 6.54 Å². The quantitative estimate of drug-likeness (QED) is 0.192. The molecular weight excluding hydrogens is 506 g/mol. The average molecular weight is 526 g/mol. The van der Waals surface area contributed by atoms with Crippen molar-refractivity contribution in [3.8, 4) is 11.3 Å². The molecule has 0 aliphatic heterocycles. The predicted molar refractivity (Wildman–Crippen MR) is 141 cm³/mol. The molecule has 0 saturated carbocycles. The Kier molecular flexibility index (Phi) is 7.85. The third-order valence-corrected chi connectivity index (χ3v) is 7.40. The van der Waals surface area contributed by atoms with E-state index in [0.717, 1.165) is 28.5 Å². The predicted octanol–water partition coefficient (Wildman–Crippen LogP) is 4.72. The van der Waals surface area contributed by atoms with Gasteiger partial charge >= 0.3 is 0 Å². The largest absolute Gasteiger partial charge is 0.312 e. The van der Waals surface area contributed by atoms with Crippen molar-refractivity contribution in [3.05, 3.63) is 81.5 Å². The van der Waals surface area contributed by atoms with Crippen LogP contribution >= 0.6 is 34.4 Å². The summed E-state index contributed by atoms with van der Waals surface area (Å²) in [5.74, 6) is -0.564. The summed E-state index contributed by atoms with van der Waals surface area (Å²) >= 11 is 3.68. The number of thiazole rings is 2. The van der Waals surface area contributed by atoms with Crippen LogP contribution in [0.4, 0.5) is 10.8 Å². The molecule has 35 heavy (non-hydrogen) atoms. The van der Waals surface area contributed by atoms with Crippen LogP contribution in [-0.4, -0.2) is 37.8 Å². The van der Waals surface area contributed by atoms with Gasteiger partial charge < -0.3 is 9.88 Å². The summed E-state index contributed by atoms with van der Waals surface area (Å²) in [4.78, 5) is 44.3. The van der Waals surface area contributed by atoms with Crippen LogP contribution in [0.5, 0.6) is 0 Å². The number of amides is 2. The summed E-state index contributed by atoms with van der Waals surface area (Å²) in [6.07, 6.45) is 1.66. The first-order valence-corrected chi connectivity index (χ1v) is 13.1. The number of nitrogens with one attached hydrogen (secondary N) is 1. The molecule has 0 bridgehead atoms. The maximum atomic E-state index is 12.5. The molecule has 2 aromatic carbocycles. The number of carbonyl (C=O) groups is 2. The fraction of sp³-hybridized carbons (Fsp3) is 0.130. The second-order valence-corrected chi connectivity index (χ2v) is 10.00. The molecule has 12 heteroatoms. The molecule has 2 amide bonds. The highest BCUT2D eigenvalue weighted by Gasteiger charge is 2.13. The number of benzene rings is 2. The molecule has 0 saturated heterocycles. The lowest BCUT2D eigenvalue weighted by molar-refractivity contribution is -0.384. The lowest BCUT2D eigenvalue weighted by Gasteiger charge is -2.01. The Morgan fingerprint density at radius 2 is 2.03 bits per heavy atom. The van der Waals surface area contributed by atoms with Gasteiger partial charge in [0.1, 0.15) is 0 Å². The number of aromatic nitrogens is 2. The molecule has 4 rings (SSSR count). The number of nitro groups is 1. The molecule has 9 nitrogen and oxygen atoms in total. The van der Waals surface area contributed by atoms with Gasteiger partial charge in [-0.2, -0.15) is 4.99 Å². The number of carbonyl (C=O) groups excluding carboxylic acids is 2. The van der Waals surface area contributed by atoms with Gasteiger partial charge in [-0.15, -0.1) is 29.7 Å². The smallest absolute Gasteiger partial charge is 0.270 e. The molecule has 4 aromatic rings. The zero-order valence-electron chi connectivity index (χ0n) is 18.2. The molecule has 2 aromatic heterocycles. The van der Waals surface area contributed by atoms with Crippen LogP contribution in [0.1, 0.15) is 0 Å². The normalized spacial score (nSPS) is 11.5. The van der Waals surface area contributed by atoms with Crippen molar-refractivity contribution < 1.29 is 14.5 Å². The van der Waals surface area contributed by atoms with Crippen LogP contribution in [0, 0.1) is 10.1 Å². The number of nitro benzene ring substituents is 1. The van der Waals surface area contributed by atoms with Gasteiger partial charge in [-0.05, 0) is 6.07 Å². The lowest BCUT2D eigenvalue weighted by Crippen LogP contribution is -2.18. The molecule has 0 aliphatic rings. The number of thioether (sulfide) groups is 1. The number of hydrogen-bond donors (Lipinski definition) is 1. The minimum Gasteiger partial charge on any atom is -0.312 e. The molecular formula is C23H19N5O4S3. The van der Waals surface area contributed by atoms with Gasteiger partial charge in [0.2, 0.25) is 5.91 Å². The molecule has 0 unspecified atom stereocenters. The summed E-state index contributed by atoms with van der Waals surface area (Å²) in [6.45, 7) is 4.13. The fourth-order valence-corrected chi connectivity index (χ4v) is 5.59. The number of allylic oxidation sites excluding steroid dienone is 1. The Balaban J connectivity index is 1.37. The molecule has 0 atom stereocenters. The number of hydrogen-bond acceptors (Lipinski definition) is 8. The average Bonchev–Trinajstić information content (AvgIpc) is 3.44. The summed E-state index contributed by atoms with van der Waals surface area (Å²) in [6, 6.07) is 14.2. The van der Waals surface area contributed by atoms with E-state index in [1.165, 1.54) is 34.8 Å². The molecule has 2 heterocycles. The Bertz CT molecular complexity index is 1470. The Morgan fingerprint density at radius 1 is 1.23 bits per heavy atom. The molecule has 0 spiro atoms. The van der Waals surface area contributed by atoms with E-state index in [4.69, 9.17) is 0 Å². The van der Waals surface area contributed by atoms with Crippen LogP contribution in [-0.2, 0) is 16.1 Å². The maximum absolute atomic E-state index is 12.5. The van der Waals surface area contributed by atoms with E-state index < -0.39 is 10.8 Å². The van der Waals surface area contributed by atoms with Crippen LogP contribution in [0.15, 0.2) is 71.6 Å². The summed E-state index contributed by atoms with van der Waals surface area (Å²) < 4.78 is 2.43. The van der Waals surface area contributed by atoms with Crippen molar-refractivity contribution in [2.24, 2.45) is 4.99 Å². The maximum Gasteiger partial charge on any atom is 0.270 e. The van der Waals surface area contributed by atoms with Gasteiger partial charge in [0.15, 0.2) is 9.93 Å². The Hall–Kier alpha value is -3.61. The first kappa shape index (κ1) is 24.5. The van der Waals surface area contributed by atoms with Crippen molar-refractivity contribution in [3.63, 3.8) is 0 Å². The lowest BCUT2D eigenvalue weighted by atomic mass is 10.2. The SMILES string of the molecule is C=CCn1c(=NC(=O)CSCC(=O)Nc2nc(-c3ccccc3)cs2)sc2cc([N+](=O)[O-])ccc21. The van der Waals surface area contributed by atoms with Gasteiger partial charge in [-0.3, -0.25) is 19.7 Å². The molecule has 0 radical (unpaired) electrons. The van der Waals surface area contributed by atoms with Gasteiger partial charge in [0.05, 0.1) is 32.3 Å². The van der Waals surface area contributed by atoms with Crippen molar-refractivity contribution >= 4 is 67.3 Å². The van der Waals surface area contributed by atoms with E-state index in [2.05, 4.69) is 21.9 Å². The van der Waals surface area contributed by atoms with Gasteiger partial charge in [-0.25, -0.2) is 4.98 Å². The number of nitrogens with zero attached hydrogens (tertiary/aromatic N) is 4. The topological polar surface area (TPSA) is 119 Å². The number of fused-ring (bicyclic) bond motifs is 1. The summed E-state index contributed by atoms with van der Waals surface area (Å²) in [5, 5.41) is 16.2. The van der Waals surface area contributed by atoms with Gasteiger partial charge in [0.25, 0.3) is 11.6 Å². The van der Waals surface area contributed by atoms with Crippen molar-refractivity contribution in [2.75, 3.05) is 16.8 Å². The Labute approximate surface area is 212 Å². The third kappa shape index (κ3) is 6.10. The van der Waals surface area contributed by atoms with Crippen LogP contribution in [0.2, 0.25) is 0 Å². The van der Waals surface area contributed by atoms with Gasteiger partial charge in [-0.1, -0.05) is 47.7 Å². The molecule has 1 N–H and O–H groups in total. The second kappa shape index (κ2) is 11.2. The van der Waals surface area contributed by atoms with Crippen LogP contribution < -0.4 is 10.1 Å². The number of anilines is 1. The first-order chi connectivity index (χ1) is 16.9. The highest BCUT2D eigenvalue weighted by molar-refractivity contribution is 8.00. The monoisotopic (exact) mass is 525 g/mol. The summed E-state index contributed by atoms with van der Waals surface area (Å²) in [5.41, 5.74) is 2.46. The van der Waals surface area contributed by atoms with Crippen LogP contribution in [0.3, 0.4) is 0 Å². The van der Waals surface area contributed by atoms with Crippen molar-refractivity contribution in [1.82, 2.24) is 9.55 Å². The van der Waals surface area contributed by atoms with Crippen molar-refractivity contribution in [1.29, 1.82) is 0 Å². The van der Waals surface area contributed by atoms with Crippen LogP contribution in [0.25, 0.3) is 21.5 Å². The number of non-ortho nitro benzene ring substituents is 1. The molecule has 0 fully saturated rings. The van der Waals surface area contributed by atoms with E-state index in [0.29, 0.717) is 21.2 Å². The van der Waals surface area contributed by atoms with E-state index in [-0.39, 0.29) is 23.1 Å². The zero-order chi connectivity index (χ0) is 24.8. The third-order valence-electron chi connectivity index (χ3n) is 4.69. The number of rotatable bonds is 9. The highest BCUT2D eigenvalue weighted by atomic mass is 32.2. The fourth-order valence-electron chi connectivity index (χ4n) is 3.16. The minimum absolute atomic E-state index is 0.0169. The first-order valence-electron chi connectivity index (χ1n) is 10.3. The highest BCUT2D eigenvalue weighted by Crippen LogP contribution is 2.25. The van der Waals surface area contributed by atoms with E-state index in [9.17, 15) is 19.7 Å². The van der Waals surface area contributed by atoms with E-state index >= 15 is 0 Å². The molecule has 0 aliphatic carbocycles. The second-order valence-electron chi connectivity index (χ2n) is 7.14.